The third kappa shape index (κ3) is 8.22. The first-order chi connectivity index (χ1) is 19.7. The fourth-order valence-electron chi connectivity index (χ4n) is 4.40. The summed E-state index contributed by atoms with van der Waals surface area (Å²) in [7, 11) is 0. The van der Waals surface area contributed by atoms with E-state index in [1.54, 1.807) is 0 Å². The lowest BCUT2D eigenvalue weighted by atomic mass is 10.0. The summed E-state index contributed by atoms with van der Waals surface area (Å²) in [5.74, 6) is 0. The average Bonchev–Trinajstić information content (AvgIpc) is 3.34. The SMILES string of the molecule is O=C(NCc1ccc(C[C@@H]2C[C@@H](O)CN2C(=O)OCc2ccc([N+](=O)[O-])cc2)cc1)OCc1ccc([N+](=O)[O-])cc1. The fraction of sp³-hybridized carbons (Fsp3) is 0.286. The van der Waals surface area contributed by atoms with Crippen LogP contribution >= 0.6 is 0 Å². The first-order valence-corrected chi connectivity index (χ1v) is 12.7. The Labute approximate surface area is 234 Å². The lowest BCUT2D eigenvalue weighted by Gasteiger charge is -2.24. The number of nitrogens with zero attached hydrogens (tertiary/aromatic N) is 3. The number of carbonyl (C=O) groups is 2. The Morgan fingerprint density at radius 2 is 1.29 bits per heavy atom. The predicted molar refractivity (Wildman–Crippen MR) is 145 cm³/mol. The average molecular weight is 565 g/mol. The van der Waals surface area contributed by atoms with Crippen LogP contribution in [0, 0.1) is 20.2 Å². The number of nitrogens with one attached hydrogen (secondary N) is 1. The molecule has 3 aromatic carbocycles. The quantitative estimate of drug-likeness (QED) is 0.269. The number of nitro benzene ring substituents is 2. The van der Waals surface area contributed by atoms with Gasteiger partial charge in [0.05, 0.1) is 22.5 Å². The number of alkyl carbamates (subject to hydrolysis) is 1. The number of benzene rings is 3. The van der Waals surface area contributed by atoms with Crippen molar-refractivity contribution in [2.24, 2.45) is 0 Å². The van der Waals surface area contributed by atoms with E-state index in [9.17, 15) is 34.9 Å². The first kappa shape index (κ1) is 29.0. The molecule has 3 aromatic rings. The van der Waals surface area contributed by atoms with E-state index in [4.69, 9.17) is 9.47 Å². The molecular weight excluding hydrogens is 536 g/mol. The van der Waals surface area contributed by atoms with Gasteiger partial charge in [-0.1, -0.05) is 24.3 Å². The summed E-state index contributed by atoms with van der Waals surface area (Å²) >= 11 is 0. The van der Waals surface area contributed by atoms with Crippen LogP contribution < -0.4 is 5.32 Å². The van der Waals surface area contributed by atoms with Crippen LogP contribution in [0.5, 0.6) is 0 Å². The maximum absolute atomic E-state index is 12.7. The maximum Gasteiger partial charge on any atom is 0.410 e. The predicted octanol–water partition coefficient (Wildman–Crippen LogP) is 4.24. The summed E-state index contributed by atoms with van der Waals surface area (Å²) in [4.78, 5) is 46.8. The number of β-amino-alcohol motifs (C(OH)–C–C–N with tert-alkyl or cyclic N) is 1. The normalized spacial score (nSPS) is 16.2. The van der Waals surface area contributed by atoms with Gasteiger partial charge in [-0.05, 0) is 59.4 Å². The summed E-state index contributed by atoms with van der Waals surface area (Å²) < 4.78 is 10.5. The molecule has 1 fully saturated rings. The van der Waals surface area contributed by atoms with E-state index in [0.717, 1.165) is 11.1 Å². The van der Waals surface area contributed by atoms with Gasteiger partial charge in [0.1, 0.15) is 13.2 Å². The highest BCUT2D eigenvalue weighted by atomic mass is 16.6. The second-order valence-electron chi connectivity index (χ2n) is 9.55. The van der Waals surface area contributed by atoms with Gasteiger partial charge in [-0.2, -0.15) is 0 Å². The Morgan fingerprint density at radius 3 is 1.83 bits per heavy atom. The first-order valence-electron chi connectivity index (χ1n) is 12.7. The van der Waals surface area contributed by atoms with Crippen molar-refractivity contribution < 1.29 is 34.0 Å². The lowest BCUT2D eigenvalue weighted by Crippen LogP contribution is -2.37. The number of non-ortho nitro benzene ring substituents is 2. The minimum atomic E-state index is -0.674. The Kier molecular flexibility index (Phi) is 9.43. The largest absolute Gasteiger partial charge is 0.445 e. The van der Waals surface area contributed by atoms with Crippen LogP contribution in [-0.2, 0) is 35.7 Å². The van der Waals surface area contributed by atoms with E-state index < -0.39 is 28.1 Å². The molecule has 0 radical (unpaired) electrons. The molecule has 0 unspecified atom stereocenters. The number of nitro groups is 2. The van der Waals surface area contributed by atoms with Gasteiger partial charge < -0.3 is 24.8 Å². The van der Waals surface area contributed by atoms with Gasteiger partial charge in [0.25, 0.3) is 11.4 Å². The van der Waals surface area contributed by atoms with Crippen molar-refractivity contribution in [2.75, 3.05) is 6.54 Å². The number of amides is 2. The Morgan fingerprint density at radius 1 is 0.805 bits per heavy atom. The number of likely N-dealkylation sites (tertiary alicyclic amines) is 1. The molecule has 0 saturated carbocycles. The van der Waals surface area contributed by atoms with Crippen molar-refractivity contribution in [3.63, 3.8) is 0 Å². The maximum atomic E-state index is 12.7. The molecule has 1 aliphatic heterocycles. The van der Waals surface area contributed by atoms with Crippen molar-refractivity contribution in [3.8, 4) is 0 Å². The number of hydrogen-bond acceptors (Lipinski definition) is 9. The lowest BCUT2D eigenvalue weighted by molar-refractivity contribution is -0.385. The van der Waals surface area contributed by atoms with Crippen LogP contribution in [0.4, 0.5) is 21.0 Å². The molecule has 1 saturated heterocycles. The van der Waals surface area contributed by atoms with Crippen molar-refractivity contribution in [3.05, 3.63) is 115 Å². The smallest absolute Gasteiger partial charge is 0.410 e. The van der Waals surface area contributed by atoms with Crippen molar-refractivity contribution in [2.45, 2.75) is 44.7 Å². The summed E-state index contributed by atoms with van der Waals surface area (Å²) in [5, 5.41) is 34.3. The standard InChI is InChI=1S/C28H28N4O9/c33-26-14-25(30(16-26)28(35)41-18-22-7-11-24(12-8-22)32(38)39)13-19-1-3-20(4-2-19)15-29-27(34)40-17-21-5-9-23(10-6-21)31(36)37/h1-12,25-26,33H,13-18H2,(H,29,34)/t25-,26-/m1/s1. The number of aliphatic hydroxyl groups is 1. The van der Waals surface area contributed by atoms with Gasteiger partial charge in [0.15, 0.2) is 0 Å². The summed E-state index contributed by atoms with van der Waals surface area (Å²) in [5.41, 5.74) is 2.90. The fourth-order valence-corrected chi connectivity index (χ4v) is 4.40. The molecule has 1 aliphatic rings. The highest BCUT2D eigenvalue weighted by Gasteiger charge is 2.35. The molecule has 0 bridgehead atoms. The number of aliphatic hydroxyl groups excluding tert-OH is 1. The van der Waals surface area contributed by atoms with Crippen LogP contribution in [0.15, 0.2) is 72.8 Å². The zero-order valence-corrected chi connectivity index (χ0v) is 21.9. The number of carbonyl (C=O) groups excluding carboxylic acids is 2. The molecule has 4 rings (SSSR count). The van der Waals surface area contributed by atoms with Gasteiger partial charge >= 0.3 is 12.2 Å². The zero-order chi connectivity index (χ0) is 29.4. The van der Waals surface area contributed by atoms with Gasteiger partial charge in [0, 0.05) is 36.9 Å². The Bertz CT molecular complexity index is 1380. The second kappa shape index (κ2) is 13.3. The van der Waals surface area contributed by atoms with Gasteiger partial charge in [-0.3, -0.25) is 20.2 Å². The van der Waals surface area contributed by atoms with Gasteiger partial charge in [-0.15, -0.1) is 0 Å². The number of rotatable bonds is 10. The monoisotopic (exact) mass is 564 g/mol. The molecule has 41 heavy (non-hydrogen) atoms. The van der Waals surface area contributed by atoms with Gasteiger partial charge in [0.2, 0.25) is 0 Å². The van der Waals surface area contributed by atoms with Crippen LogP contribution in [0.25, 0.3) is 0 Å². The van der Waals surface area contributed by atoms with Gasteiger partial charge in [-0.25, -0.2) is 9.59 Å². The number of hydrogen-bond donors (Lipinski definition) is 2. The summed E-state index contributed by atoms with van der Waals surface area (Å²) in [6.07, 6.45) is -0.980. The van der Waals surface area contributed by atoms with Crippen LogP contribution in [0.1, 0.15) is 28.7 Å². The minimum absolute atomic E-state index is 0.0250. The van der Waals surface area contributed by atoms with Crippen molar-refractivity contribution in [1.82, 2.24) is 10.2 Å². The Balaban J connectivity index is 1.23. The van der Waals surface area contributed by atoms with E-state index in [2.05, 4.69) is 5.32 Å². The van der Waals surface area contributed by atoms with Crippen LogP contribution in [-0.4, -0.2) is 50.7 Å². The van der Waals surface area contributed by atoms with E-state index >= 15 is 0 Å². The third-order valence-electron chi connectivity index (χ3n) is 6.58. The highest BCUT2D eigenvalue weighted by molar-refractivity contribution is 5.69. The molecule has 0 aromatic heterocycles. The van der Waals surface area contributed by atoms with E-state index in [1.807, 2.05) is 24.3 Å². The molecule has 13 heteroatoms. The van der Waals surface area contributed by atoms with E-state index in [1.165, 1.54) is 53.4 Å². The van der Waals surface area contributed by atoms with E-state index in [0.29, 0.717) is 24.0 Å². The molecule has 2 N–H and O–H groups in total. The molecule has 1 heterocycles. The molecule has 13 nitrogen and oxygen atoms in total. The number of ether oxygens (including phenoxy) is 2. The topological polar surface area (TPSA) is 174 Å². The van der Waals surface area contributed by atoms with Crippen LogP contribution in [0.3, 0.4) is 0 Å². The second-order valence-corrected chi connectivity index (χ2v) is 9.55. The molecular formula is C28H28N4O9. The highest BCUT2D eigenvalue weighted by Crippen LogP contribution is 2.24. The van der Waals surface area contributed by atoms with E-state index in [-0.39, 0.29) is 43.7 Å². The van der Waals surface area contributed by atoms with Crippen molar-refractivity contribution >= 4 is 23.6 Å². The molecule has 2 amide bonds. The molecule has 214 valence electrons. The molecule has 2 atom stereocenters. The molecule has 0 spiro atoms. The summed E-state index contributed by atoms with van der Waals surface area (Å²) in [6, 6.07) is 18.6. The summed E-state index contributed by atoms with van der Waals surface area (Å²) in [6.45, 7) is 0.299. The minimum Gasteiger partial charge on any atom is -0.445 e. The third-order valence-corrected chi connectivity index (χ3v) is 6.58. The zero-order valence-electron chi connectivity index (χ0n) is 21.9. The molecule has 0 aliphatic carbocycles. The Hall–Kier alpha value is -5.04. The van der Waals surface area contributed by atoms with Crippen LogP contribution in [0.2, 0.25) is 0 Å². The van der Waals surface area contributed by atoms with Crippen molar-refractivity contribution in [1.29, 1.82) is 0 Å².